The Bertz CT molecular complexity index is 890. The molecule has 1 unspecified atom stereocenters. The van der Waals surface area contributed by atoms with Crippen molar-refractivity contribution in [3.8, 4) is 0 Å². The van der Waals surface area contributed by atoms with Gasteiger partial charge in [0.2, 0.25) is 0 Å². The van der Waals surface area contributed by atoms with Gasteiger partial charge in [-0.2, -0.15) is 0 Å². The summed E-state index contributed by atoms with van der Waals surface area (Å²) in [7, 11) is 3.96. The Morgan fingerprint density at radius 2 is 1.00 bits per heavy atom. The SMILES string of the molecule is CCC=CCC=CCC=CCCCCCCCCOCC(COC(=O)NCCN(C)C)OCCCCCCCCC=CCC=CCC=CCC. The Labute approximate surface area is 309 Å². The Morgan fingerprint density at radius 1 is 0.560 bits per heavy atom. The number of likely N-dealkylation sites (N-methyl/N-ethyl adjacent to an activating group) is 1. The Morgan fingerprint density at radius 3 is 1.50 bits per heavy atom. The number of carbonyl (C=O) groups is 1. The van der Waals surface area contributed by atoms with Crippen LogP contribution in [0.2, 0.25) is 0 Å². The minimum Gasteiger partial charge on any atom is -0.447 e. The van der Waals surface area contributed by atoms with E-state index in [2.05, 4.69) is 92.1 Å². The lowest BCUT2D eigenvalue weighted by Crippen LogP contribution is -2.35. The van der Waals surface area contributed by atoms with E-state index in [0.29, 0.717) is 19.8 Å². The van der Waals surface area contributed by atoms with Crippen LogP contribution in [0.4, 0.5) is 4.79 Å². The van der Waals surface area contributed by atoms with Gasteiger partial charge in [0.1, 0.15) is 12.7 Å². The molecule has 0 rings (SSSR count). The summed E-state index contributed by atoms with van der Waals surface area (Å²) >= 11 is 0. The number of nitrogens with zero attached hydrogens (tertiary/aromatic N) is 1. The quantitative estimate of drug-likeness (QED) is 0.0521. The van der Waals surface area contributed by atoms with E-state index in [4.69, 9.17) is 14.2 Å². The van der Waals surface area contributed by atoms with Crippen molar-refractivity contribution >= 4 is 6.09 Å². The summed E-state index contributed by atoms with van der Waals surface area (Å²) < 4.78 is 17.6. The number of amides is 1. The molecule has 0 saturated carbocycles. The summed E-state index contributed by atoms with van der Waals surface area (Å²) in [5.74, 6) is 0. The third kappa shape index (κ3) is 40.0. The van der Waals surface area contributed by atoms with Crippen LogP contribution in [0.1, 0.15) is 142 Å². The number of allylic oxidation sites excluding steroid dienone is 12. The highest BCUT2D eigenvalue weighted by atomic mass is 16.6. The molecule has 50 heavy (non-hydrogen) atoms. The first-order valence-corrected chi connectivity index (χ1v) is 20.2. The molecule has 0 fully saturated rings. The van der Waals surface area contributed by atoms with Crippen molar-refractivity contribution in [3.05, 3.63) is 72.9 Å². The molecule has 0 aromatic rings. The van der Waals surface area contributed by atoms with E-state index in [1.54, 1.807) is 0 Å². The number of nitrogens with one attached hydrogen (secondary N) is 1. The van der Waals surface area contributed by atoms with Gasteiger partial charge in [-0.1, -0.05) is 138 Å². The molecule has 1 atom stereocenters. The summed E-state index contributed by atoms with van der Waals surface area (Å²) in [5, 5.41) is 2.81. The van der Waals surface area contributed by atoms with Crippen molar-refractivity contribution in [2.24, 2.45) is 0 Å². The summed E-state index contributed by atoms with van der Waals surface area (Å²) in [6.07, 6.45) is 49.8. The first kappa shape index (κ1) is 47.6. The monoisotopic (exact) mass is 699 g/mol. The molecule has 6 nitrogen and oxygen atoms in total. The second-order valence-electron chi connectivity index (χ2n) is 13.3. The van der Waals surface area contributed by atoms with Crippen molar-refractivity contribution in [3.63, 3.8) is 0 Å². The van der Waals surface area contributed by atoms with Crippen LogP contribution in [-0.2, 0) is 14.2 Å². The number of hydrogen-bond acceptors (Lipinski definition) is 5. The molecule has 1 N–H and O–H groups in total. The van der Waals surface area contributed by atoms with Crippen LogP contribution >= 0.6 is 0 Å². The fourth-order valence-corrected chi connectivity index (χ4v) is 5.11. The standard InChI is InChI=1S/C44H78N2O4/c1-5-7-9-11-13-15-17-19-21-23-25-27-29-31-33-35-39-48-41-43(42-50-44(47)45-37-38-46(3)4)49-40-36-34-32-30-28-26-24-22-20-18-16-14-12-10-8-6-2/h7-10,13-16,19-22,43H,5-6,11-12,17-18,23-42H2,1-4H3,(H,45,47). The zero-order valence-corrected chi connectivity index (χ0v) is 33.0. The lowest BCUT2D eigenvalue weighted by molar-refractivity contribution is -0.0468. The Hall–Kier alpha value is -2.41. The van der Waals surface area contributed by atoms with Gasteiger partial charge in [0.15, 0.2) is 0 Å². The average molecular weight is 699 g/mol. The molecule has 0 aliphatic rings. The normalized spacial score (nSPS) is 13.1. The van der Waals surface area contributed by atoms with Gasteiger partial charge in [-0.05, 0) is 91.1 Å². The van der Waals surface area contributed by atoms with Crippen LogP contribution < -0.4 is 5.32 Å². The summed E-state index contributed by atoms with van der Waals surface area (Å²) in [4.78, 5) is 14.2. The minimum absolute atomic E-state index is 0.216. The smallest absolute Gasteiger partial charge is 0.407 e. The zero-order valence-electron chi connectivity index (χ0n) is 33.0. The topological polar surface area (TPSA) is 60.0 Å². The Balaban J connectivity index is 4.02. The van der Waals surface area contributed by atoms with E-state index < -0.39 is 6.09 Å². The van der Waals surface area contributed by atoms with Gasteiger partial charge in [-0.15, -0.1) is 0 Å². The maximum atomic E-state index is 12.1. The van der Waals surface area contributed by atoms with Crippen LogP contribution in [0.5, 0.6) is 0 Å². The van der Waals surface area contributed by atoms with E-state index in [-0.39, 0.29) is 12.7 Å². The van der Waals surface area contributed by atoms with Crippen LogP contribution in [-0.4, -0.2) is 70.7 Å². The molecular weight excluding hydrogens is 620 g/mol. The van der Waals surface area contributed by atoms with Gasteiger partial charge >= 0.3 is 6.09 Å². The Kier molecular flexibility index (Phi) is 39.0. The van der Waals surface area contributed by atoms with Crippen molar-refractivity contribution < 1.29 is 19.0 Å². The van der Waals surface area contributed by atoms with E-state index in [1.165, 1.54) is 70.6 Å². The van der Waals surface area contributed by atoms with Crippen LogP contribution in [0.3, 0.4) is 0 Å². The number of rotatable bonds is 36. The number of alkyl carbamates (subject to hydrolysis) is 1. The summed E-state index contributed by atoms with van der Waals surface area (Å²) in [5.41, 5.74) is 0. The minimum atomic E-state index is -0.394. The largest absolute Gasteiger partial charge is 0.447 e. The van der Waals surface area contributed by atoms with Gasteiger partial charge in [-0.3, -0.25) is 0 Å². The van der Waals surface area contributed by atoms with Gasteiger partial charge in [0, 0.05) is 26.3 Å². The van der Waals surface area contributed by atoms with Gasteiger partial charge in [0.05, 0.1) is 6.61 Å². The fraction of sp³-hybridized carbons (Fsp3) is 0.705. The zero-order chi connectivity index (χ0) is 36.4. The highest BCUT2D eigenvalue weighted by molar-refractivity contribution is 5.67. The highest BCUT2D eigenvalue weighted by Crippen LogP contribution is 2.10. The maximum absolute atomic E-state index is 12.1. The highest BCUT2D eigenvalue weighted by Gasteiger charge is 2.13. The van der Waals surface area contributed by atoms with Gasteiger partial charge in [-0.25, -0.2) is 4.79 Å². The first-order valence-electron chi connectivity index (χ1n) is 20.2. The van der Waals surface area contributed by atoms with E-state index in [0.717, 1.165) is 70.9 Å². The molecule has 1 amide bonds. The lowest BCUT2D eigenvalue weighted by Gasteiger charge is -2.19. The van der Waals surface area contributed by atoms with E-state index >= 15 is 0 Å². The molecule has 6 heteroatoms. The maximum Gasteiger partial charge on any atom is 0.407 e. The molecule has 0 aliphatic carbocycles. The van der Waals surface area contributed by atoms with Crippen LogP contribution in [0.15, 0.2) is 72.9 Å². The average Bonchev–Trinajstić information content (AvgIpc) is 3.10. The van der Waals surface area contributed by atoms with Crippen LogP contribution in [0, 0.1) is 0 Å². The molecule has 288 valence electrons. The molecule has 0 radical (unpaired) electrons. The third-order valence-electron chi connectivity index (χ3n) is 8.12. The number of hydrogen-bond donors (Lipinski definition) is 1. The molecule has 0 aromatic carbocycles. The number of ether oxygens (including phenoxy) is 3. The third-order valence-corrected chi connectivity index (χ3v) is 8.12. The van der Waals surface area contributed by atoms with Crippen molar-refractivity contribution in [1.82, 2.24) is 10.2 Å². The van der Waals surface area contributed by atoms with Crippen molar-refractivity contribution in [2.75, 3.05) is 53.6 Å². The molecule has 0 aromatic heterocycles. The second kappa shape index (κ2) is 41.0. The first-order chi connectivity index (χ1) is 24.6. The van der Waals surface area contributed by atoms with Gasteiger partial charge < -0.3 is 24.4 Å². The number of carbonyl (C=O) groups excluding carboxylic acids is 1. The van der Waals surface area contributed by atoms with E-state index in [1.807, 2.05) is 19.0 Å². The summed E-state index contributed by atoms with van der Waals surface area (Å²) in [6, 6.07) is 0. The molecule has 0 aliphatic heterocycles. The molecule has 0 saturated heterocycles. The second-order valence-corrected chi connectivity index (χ2v) is 13.3. The fourth-order valence-electron chi connectivity index (χ4n) is 5.11. The predicted molar refractivity (Wildman–Crippen MR) is 217 cm³/mol. The molecular formula is C44H78N2O4. The summed E-state index contributed by atoms with van der Waals surface area (Å²) in [6.45, 7) is 7.74. The molecule has 0 heterocycles. The predicted octanol–water partition coefficient (Wildman–Crippen LogP) is 11.9. The van der Waals surface area contributed by atoms with Gasteiger partial charge in [0.25, 0.3) is 0 Å². The molecule has 0 bridgehead atoms. The van der Waals surface area contributed by atoms with Crippen molar-refractivity contribution in [1.29, 1.82) is 0 Å². The van der Waals surface area contributed by atoms with E-state index in [9.17, 15) is 4.79 Å². The molecule has 0 spiro atoms. The van der Waals surface area contributed by atoms with Crippen molar-refractivity contribution in [2.45, 2.75) is 148 Å². The lowest BCUT2D eigenvalue weighted by atomic mass is 10.1. The number of unbranched alkanes of at least 4 members (excludes halogenated alkanes) is 12. The van der Waals surface area contributed by atoms with Crippen LogP contribution in [0.25, 0.3) is 0 Å².